The second kappa shape index (κ2) is 9.00. The highest BCUT2D eigenvalue weighted by molar-refractivity contribution is 6.00. The molecule has 1 fully saturated rings. The van der Waals surface area contributed by atoms with E-state index in [1.54, 1.807) is 17.2 Å². The largest absolute Gasteiger partial charge is 0.481 e. The van der Waals surface area contributed by atoms with Crippen LogP contribution in [-0.4, -0.2) is 55.7 Å². The van der Waals surface area contributed by atoms with E-state index in [1.165, 1.54) is 0 Å². The summed E-state index contributed by atoms with van der Waals surface area (Å²) in [6.07, 6.45) is 4.97. The van der Waals surface area contributed by atoms with E-state index in [-0.39, 0.29) is 17.7 Å². The fourth-order valence-corrected chi connectivity index (χ4v) is 4.01. The number of aliphatic carboxylic acids is 1. The van der Waals surface area contributed by atoms with Gasteiger partial charge in [-0.05, 0) is 62.2 Å². The Labute approximate surface area is 175 Å². The van der Waals surface area contributed by atoms with Crippen molar-refractivity contribution in [2.24, 2.45) is 5.92 Å². The Kier molecular flexibility index (Phi) is 5.99. The van der Waals surface area contributed by atoms with Crippen molar-refractivity contribution in [2.75, 3.05) is 13.1 Å². The third kappa shape index (κ3) is 4.46. The van der Waals surface area contributed by atoms with E-state index in [0.717, 1.165) is 11.3 Å². The Morgan fingerprint density at radius 2 is 1.60 bits per heavy atom. The van der Waals surface area contributed by atoms with Crippen LogP contribution in [0, 0.1) is 5.92 Å². The molecule has 1 aromatic heterocycles. The third-order valence-corrected chi connectivity index (χ3v) is 5.76. The number of carbonyl (C=O) groups is 2. The number of ketones is 1. The maximum atomic E-state index is 13.5. The first-order chi connectivity index (χ1) is 14.6. The van der Waals surface area contributed by atoms with E-state index in [1.807, 2.05) is 54.6 Å². The summed E-state index contributed by atoms with van der Waals surface area (Å²) >= 11 is 0. The number of carbonyl (C=O) groups excluding carboxylic acids is 1. The van der Waals surface area contributed by atoms with Crippen LogP contribution in [0.2, 0.25) is 0 Å². The van der Waals surface area contributed by atoms with Crippen molar-refractivity contribution in [3.05, 3.63) is 78.4 Å². The fraction of sp³-hybridized carbons (Fsp3) is 0.304. The molecule has 1 saturated heterocycles. The third-order valence-electron chi connectivity index (χ3n) is 5.76. The average molecular weight is 404 g/mol. The van der Waals surface area contributed by atoms with Gasteiger partial charge in [0.15, 0.2) is 5.78 Å². The lowest BCUT2D eigenvalue weighted by atomic mass is 9.91. The smallest absolute Gasteiger partial charge is 0.306 e. The predicted octanol–water partition coefficient (Wildman–Crippen LogP) is 2.86. The molecule has 1 atom stereocenters. The number of aromatic nitrogens is 3. The van der Waals surface area contributed by atoms with Crippen LogP contribution in [-0.2, 0) is 11.2 Å². The molecule has 0 amide bonds. The van der Waals surface area contributed by atoms with Crippen LogP contribution >= 0.6 is 0 Å². The van der Waals surface area contributed by atoms with Crippen molar-refractivity contribution in [1.82, 2.24) is 19.7 Å². The van der Waals surface area contributed by atoms with Crippen LogP contribution in [0.25, 0.3) is 5.69 Å². The molecular formula is C23H24N4O3. The number of benzene rings is 2. The molecule has 30 heavy (non-hydrogen) atoms. The molecule has 0 saturated carbocycles. The second-order valence-corrected chi connectivity index (χ2v) is 7.63. The molecule has 2 heterocycles. The molecule has 7 heteroatoms. The molecule has 1 aliphatic rings. The summed E-state index contributed by atoms with van der Waals surface area (Å²) in [4.78, 5) is 26.9. The van der Waals surface area contributed by atoms with Gasteiger partial charge in [-0.3, -0.25) is 19.1 Å². The number of hydrogen-bond donors (Lipinski definition) is 1. The van der Waals surface area contributed by atoms with E-state index in [0.29, 0.717) is 37.9 Å². The maximum absolute atomic E-state index is 13.5. The number of Topliss-reactive ketones (excluding diaryl/α,β-unsaturated/α-hetero) is 1. The quantitative estimate of drug-likeness (QED) is 0.609. The summed E-state index contributed by atoms with van der Waals surface area (Å²) in [6.45, 7) is 1.22. The predicted molar refractivity (Wildman–Crippen MR) is 112 cm³/mol. The van der Waals surface area contributed by atoms with Crippen molar-refractivity contribution in [2.45, 2.75) is 25.3 Å². The van der Waals surface area contributed by atoms with Crippen LogP contribution in [0.5, 0.6) is 0 Å². The summed E-state index contributed by atoms with van der Waals surface area (Å²) in [5.41, 5.74) is 2.63. The molecule has 0 spiro atoms. The van der Waals surface area contributed by atoms with E-state index in [9.17, 15) is 14.7 Å². The van der Waals surface area contributed by atoms with Gasteiger partial charge in [-0.1, -0.05) is 30.3 Å². The molecular weight excluding hydrogens is 380 g/mol. The Morgan fingerprint density at radius 3 is 2.20 bits per heavy atom. The Balaban J connectivity index is 1.55. The number of rotatable bonds is 7. The highest BCUT2D eigenvalue weighted by Crippen LogP contribution is 2.23. The Bertz CT molecular complexity index is 979. The van der Waals surface area contributed by atoms with Gasteiger partial charge in [-0.2, -0.15) is 0 Å². The van der Waals surface area contributed by atoms with Crippen LogP contribution in [0.3, 0.4) is 0 Å². The van der Waals surface area contributed by atoms with Crippen LogP contribution in [0.1, 0.15) is 28.8 Å². The monoisotopic (exact) mass is 404 g/mol. The zero-order valence-corrected chi connectivity index (χ0v) is 16.6. The Morgan fingerprint density at radius 1 is 0.967 bits per heavy atom. The second-order valence-electron chi connectivity index (χ2n) is 7.63. The van der Waals surface area contributed by atoms with E-state index >= 15 is 0 Å². The standard InChI is InChI=1S/C23H24N4O3/c28-22(18-6-8-20(9-7-18)27-15-24-25-16-27)21(14-17-4-2-1-3-5-17)26-12-10-19(11-13-26)23(29)30/h1-9,15-16,19,21H,10-14H2,(H,29,30). The van der Waals surface area contributed by atoms with Gasteiger partial charge >= 0.3 is 5.97 Å². The summed E-state index contributed by atoms with van der Waals surface area (Å²) in [5.74, 6) is -1.01. The average Bonchev–Trinajstić information content (AvgIpc) is 3.33. The van der Waals surface area contributed by atoms with Crippen LogP contribution in [0.4, 0.5) is 0 Å². The lowest BCUT2D eigenvalue weighted by molar-refractivity contribution is -0.143. The minimum absolute atomic E-state index is 0.0583. The normalized spacial score (nSPS) is 16.3. The zero-order valence-electron chi connectivity index (χ0n) is 16.6. The highest BCUT2D eigenvalue weighted by atomic mass is 16.4. The van der Waals surface area contributed by atoms with Gasteiger partial charge in [0, 0.05) is 11.3 Å². The van der Waals surface area contributed by atoms with Gasteiger partial charge < -0.3 is 5.11 Å². The maximum Gasteiger partial charge on any atom is 0.306 e. The van der Waals surface area contributed by atoms with Gasteiger partial charge in [0.05, 0.1) is 12.0 Å². The Hall–Kier alpha value is -3.32. The van der Waals surface area contributed by atoms with E-state index < -0.39 is 5.97 Å². The van der Waals surface area contributed by atoms with Crippen LogP contribution in [0.15, 0.2) is 67.3 Å². The molecule has 3 aromatic rings. The number of carboxylic acids is 1. The van der Waals surface area contributed by atoms with Crippen molar-refractivity contribution < 1.29 is 14.7 Å². The summed E-state index contributed by atoms with van der Waals surface area (Å²) < 4.78 is 1.78. The first-order valence-electron chi connectivity index (χ1n) is 10.1. The number of piperidine rings is 1. The minimum atomic E-state index is -0.745. The van der Waals surface area contributed by atoms with Crippen molar-refractivity contribution in [3.63, 3.8) is 0 Å². The minimum Gasteiger partial charge on any atom is -0.481 e. The number of likely N-dealkylation sites (tertiary alicyclic amines) is 1. The summed E-state index contributed by atoms with van der Waals surface area (Å²) in [5, 5.41) is 16.9. The van der Waals surface area contributed by atoms with E-state index in [2.05, 4.69) is 15.1 Å². The molecule has 0 radical (unpaired) electrons. The molecule has 154 valence electrons. The van der Waals surface area contributed by atoms with Crippen LogP contribution < -0.4 is 0 Å². The summed E-state index contributed by atoms with van der Waals surface area (Å²) in [7, 11) is 0. The van der Waals surface area contributed by atoms with Gasteiger partial charge in [-0.15, -0.1) is 10.2 Å². The molecule has 1 aliphatic heterocycles. The van der Waals surface area contributed by atoms with Gasteiger partial charge in [0.25, 0.3) is 0 Å². The van der Waals surface area contributed by atoms with Crippen molar-refractivity contribution >= 4 is 11.8 Å². The SMILES string of the molecule is O=C(O)C1CCN(C(Cc2ccccc2)C(=O)c2ccc(-n3cnnc3)cc2)CC1. The first kappa shape index (κ1) is 20.0. The molecule has 4 rings (SSSR count). The molecule has 1 N–H and O–H groups in total. The molecule has 7 nitrogen and oxygen atoms in total. The lowest BCUT2D eigenvalue weighted by Crippen LogP contribution is -2.47. The molecule has 0 aliphatic carbocycles. The van der Waals surface area contributed by atoms with Crippen molar-refractivity contribution in [1.29, 1.82) is 0 Å². The summed E-state index contributed by atoms with van der Waals surface area (Å²) in [6, 6.07) is 17.1. The molecule has 2 aromatic carbocycles. The number of hydrogen-bond acceptors (Lipinski definition) is 5. The topological polar surface area (TPSA) is 88.3 Å². The molecule has 1 unspecified atom stereocenters. The highest BCUT2D eigenvalue weighted by Gasteiger charge is 2.32. The molecule has 0 bridgehead atoms. The van der Waals surface area contributed by atoms with Gasteiger partial charge in [0.1, 0.15) is 12.7 Å². The van der Waals surface area contributed by atoms with Gasteiger partial charge in [-0.25, -0.2) is 0 Å². The van der Waals surface area contributed by atoms with Crippen molar-refractivity contribution in [3.8, 4) is 5.69 Å². The number of carboxylic acid groups (broad SMARTS) is 1. The van der Waals surface area contributed by atoms with E-state index in [4.69, 9.17) is 0 Å². The first-order valence-corrected chi connectivity index (χ1v) is 10.1. The zero-order chi connectivity index (χ0) is 20.9. The fourth-order valence-electron chi connectivity index (χ4n) is 4.01. The number of nitrogens with zero attached hydrogens (tertiary/aromatic N) is 4. The lowest BCUT2D eigenvalue weighted by Gasteiger charge is -2.36. The van der Waals surface area contributed by atoms with Gasteiger partial charge in [0.2, 0.25) is 0 Å².